The summed E-state index contributed by atoms with van der Waals surface area (Å²) >= 11 is 0. The zero-order chi connectivity index (χ0) is 9.28. The number of rotatable bonds is 2. The SMILES string of the molecule is [2H]C([2H])([2H])P(=O)(F)OC(C)C. The van der Waals surface area contributed by atoms with Crippen molar-refractivity contribution in [3.8, 4) is 0 Å². The zero-order valence-corrected chi connectivity index (χ0v) is 5.61. The highest BCUT2D eigenvalue weighted by Crippen LogP contribution is 2.44. The first kappa shape index (κ1) is 4.02. The van der Waals surface area contributed by atoms with Crippen molar-refractivity contribution in [3.63, 3.8) is 0 Å². The topological polar surface area (TPSA) is 26.3 Å². The minimum absolute atomic E-state index is 0.689. The van der Waals surface area contributed by atoms with E-state index in [-0.39, 0.29) is 0 Å². The van der Waals surface area contributed by atoms with Gasteiger partial charge in [0.15, 0.2) is 0 Å². The second-order valence-corrected chi connectivity index (χ2v) is 2.80. The van der Waals surface area contributed by atoms with Crippen LogP contribution in [-0.2, 0) is 9.09 Å². The van der Waals surface area contributed by atoms with Crippen LogP contribution in [0.5, 0.6) is 0 Å². The fourth-order valence-electron chi connectivity index (χ4n) is 0.271. The lowest BCUT2D eigenvalue weighted by Gasteiger charge is -2.06. The molecule has 0 fully saturated rings. The van der Waals surface area contributed by atoms with Crippen molar-refractivity contribution in [2.45, 2.75) is 20.0 Å². The van der Waals surface area contributed by atoms with Crippen molar-refractivity contribution >= 4 is 7.68 Å². The van der Waals surface area contributed by atoms with Crippen molar-refractivity contribution in [1.29, 1.82) is 0 Å². The van der Waals surface area contributed by atoms with Crippen LogP contribution in [-0.4, -0.2) is 12.7 Å². The van der Waals surface area contributed by atoms with Gasteiger partial charge in [0.1, 0.15) is 0 Å². The first-order valence-electron chi connectivity index (χ1n) is 3.65. The molecule has 0 aliphatic rings. The van der Waals surface area contributed by atoms with E-state index in [4.69, 9.17) is 4.11 Å². The van der Waals surface area contributed by atoms with Crippen molar-refractivity contribution in [3.05, 3.63) is 0 Å². The molecule has 0 bridgehead atoms. The Balaban J connectivity index is 4.36. The highest BCUT2D eigenvalue weighted by molar-refractivity contribution is 7.52. The van der Waals surface area contributed by atoms with Crippen molar-refractivity contribution in [2.24, 2.45) is 0 Å². The summed E-state index contributed by atoms with van der Waals surface area (Å²) < 4.78 is 46.8. The van der Waals surface area contributed by atoms with Crippen LogP contribution in [0.4, 0.5) is 4.20 Å². The van der Waals surface area contributed by atoms with Crippen molar-refractivity contribution in [1.82, 2.24) is 0 Å². The first-order valence-corrected chi connectivity index (χ1v) is 3.66. The fourth-order valence-corrected chi connectivity index (χ4v) is 0.813. The van der Waals surface area contributed by atoms with Crippen LogP contribution >= 0.6 is 7.68 Å². The molecule has 0 spiro atoms. The van der Waals surface area contributed by atoms with E-state index in [1.165, 1.54) is 13.8 Å². The van der Waals surface area contributed by atoms with Gasteiger partial charge in [-0.1, -0.05) is 0 Å². The summed E-state index contributed by atoms with van der Waals surface area (Å²) in [4.78, 5) is 0. The van der Waals surface area contributed by atoms with Crippen LogP contribution in [0, 0.1) is 0 Å². The average Bonchev–Trinajstić information content (AvgIpc) is 1.56. The molecule has 4 heteroatoms. The number of hydrogen-bond acceptors (Lipinski definition) is 2. The van der Waals surface area contributed by atoms with Crippen LogP contribution < -0.4 is 0 Å². The molecule has 0 rings (SSSR count). The minimum Gasteiger partial charge on any atom is -0.303 e. The van der Waals surface area contributed by atoms with Gasteiger partial charge in [0.2, 0.25) is 0 Å². The van der Waals surface area contributed by atoms with Gasteiger partial charge in [-0.15, -0.1) is 0 Å². The molecule has 0 aliphatic heterocycles. The van der Waals surface area contributed by atoms with E-state index in [0.717, 1.165) is 0 Å². The molecule has 0 saturated heterocycles. The van der Waals surface area contributed by atoms with Gasteiger partial charge in [-0.25, -0.2) is 0 Å². The molecule has 0 radical (unpaired) electrons. The maximum absolute atomic E-state index is 12.6. The molecular formula is C4H10FO2P. The van der Waals surface area contributed by atoms with E-state index in [1.54, 1.807) is 0 Å². The van der Waals surface area contributed by atoms with Gasteiger partial charge in [-0.05, 0) is 13.8 Å². The fraction of sp³-hybridized carbons (Fsp3) is 1.00. The lowest BCUT2D eigenvalue weighted by molar-refractivity contribution is 0.227. The van der Waals surface area contributed by atoms with Gasteiger partial charge in [-0.3, -0.25) is 4.57 Å². The predicted molar refractivity (Wildman–Crippen MR) is 30.9 cm³/mol. The molecule has 0 aromatic rings. The summed E-state index contributed by atoms with van der Waals surface area (Å²) in [6.45, 7) is -0.326. The predicted octanol–water partition coefficient (Wildman–Crippen LogP) is 2.20. The molecule has 0 aromatic heterocycles. The normalized spacial score (nSPS) is 25.8. The van der Waals surface area contributed by atoms with Crippen LogP contribution in [0.1, 0.15) is 18.0 Å². The Kier molecular flexibility index (Phi) is 1.31. The molecule has 0 N–H and O–H groups in total. The lowest BCUT2D eigenvalue weighted by Crippen LogP contribution is -1.96. The van der Waals surface area contributed by atoms with Gasteiger partial charge in [0.25, 0.3) is 0 Å². The quantitative estimate of drug-likeness (QED) is 0.554. The molecule has 1 unspecified atom stereocenters. The smallest absolute Gasteiger partial charge is 0.303 e. The zero-order valence-electron chi connectivity index (χ0n) is 7.72. The van der Waals surface area contributed by atoms with E-state index in [9.17, 15) is 8.76 Å². The monoisotopic (exact) mass is 143 g/mol. The third kappa shape index (κ3) is 6.12. The Labute approximate surface area is 52.8 Å². The van der Waals surface area contributed by atoms with Crippen molar-refractivity contribution in [2.75, 3.05) is 6.59 Å². The second-order valence-electron chi connectivity index (χ2n) is 1.63. The van der Waals surface area contributed by atoms with Gasteiger partial charge in [0, 0.05) is 10.7 Å². The summed E-state index contributed by atoms with van der Waals surface area (Å²) in [5.74, 6) is 0. The average molecular weight is 143 g/mol. The lowest BCUT2D eigenvalue weighted by atomic mass is 10.5. The molecular weight excluding hydrogens is 130 g/mol. The van der Waals surface area contributed by atoms with E-state index in [2.05, 4.69) is 4.52 Å². The summed E-state index contributed by atoms with van der Waals surface area (Å²) in [5, 5.41) is 0. The van der Waals surface area contributed by atoms with Gasteiger partial charge in [0.05, 0.1) is 6.10 Å². The first-order chi connectivity index (χ1) is 4.67. The maximum Gasteiger partial charge on any atom is 0.364 e. The summed E-state index contributed by atoms with van der Waals surface area (Å²) in [7, 11) is -4.93. The van der Waals surface area contributed by atoms with E-state index in [0.29, 0.717) is 0 Å². The second kappa shape index (κ2) is 2.60. The van der Waals surface area contributed by atoms with E-state index >= 15 is 0 Å². The Hall–Kier alpha value is 0.120. The Morgan fingerprint density at radius 3 is 2.50 bits per heavy atom. The molecule has 8 heavy (non-hydrogen) atoms. The summed E-state index contributed by atoms with van der Waals surface area (Å²) in [6, 6.07) is 0. The maximum atomic E-state index is 12.6. The highest BCUT2D eigenvalue weighted by atomic mass is 31.2. The highest BCUT2D eigenvalue weighted by Gasteiger charge is 2.13. The molecule has 0 amide bonds. The van der Waals surface area contributed by atoms with E-state index < -0.39 is 20.4 Å². The number of halogens is 1. The van der Waals surface area contributed by atoms with Crippen molar-refractivity contribution < 1.29 is 17.4 Å². The Morgan fingerprint density at radius 1 is 1.88 bits per heavy atom. The molecule has 0 aromatic carbocycles. The molecule has 2 nitrogen and oxygen atoms in total. The number of hydrogen-bond donors (Lipinski definition) is 0. The van der Waals surface area contributed by atoms with Gasteiger partial charge in [-0.2, -0.15) is 4.20 Å². The summed E-state index contributed by atoms with van der Waals surface area (Å²) in [6.07, 6.45) is -0.689. The largest absolute Gasteiger partial charge is 0.364 e. The van der Waals surface area contributed by atoms with Crippen LogP contribution in [0.15, 0.2) is 0 Å². The molecule has 0 aliphatic carbocycles. The third-order valence-electron chi connectivity index (χ3n) is 0.346. The molecule has 0 saturated carbocycles. The summed E-state index contributed by atoms with van der Waals surface area (Å²) in [5.41, 5.74) is 0. The van der Waals surface area contributed by atoms with Gasteiger partial charge < -0.3 is 4.52 Å². The molecule has 50 valence electrons. The third-order valence-corrected chi connectivity index (χ3v) is 1.04. The van der Waals surface area contributed by atoms with E-state index in [1.807, 2.05) is 0 Å². The van der Waals surface area contributed by atoms with Crippen LogP contribution in [0.3, 0.4) is 0 Å². The van der Waals surface area contributed by atoms with Crippen LogP contribution in [0.2, 0.25) is 0 Å². The Morgan fingerprint density at radius 2 is 2.38 bits per heavy atom. The Bertz CT molecular complexity index is 179. The minimum atomic E-state index is -4.93. The van der Waals surface area contributed by atoms with Gasteiger partial charge >= 0.3 is 7.68 Å². The molecule has 0 heterocycles. The van der Waals surface area contributed by atoms with Crippen LogP contribution in [0.25, 0.3) is 0 Å². The standard InChI is InChI=1S/C4H10FO2P/c1-4(2)7-8(3,5)6/h4H,1-3H3/i3D3. The molecule has 1 atom stereocenters.